The minimum atomic E-state index is -1.55. The van der Waals surface area contributed by atoms with E-state index in [-0.39, 0.29) is 47.7 Å². The second kappa shape index (κ2) is 13.0. The van der Waals surface area contributed by atoms with Crippen LogP contribution in [0.3, 0.4) is 0 Å². The van der Waals surface area contributed by atoms with Crippen molar-refractivity contribution in [3.8, 4) is 17.2 Å². The molecule has 8 rings (SSSR count). The highest BCUT2D eigenvalue weighted by atomic mass is 35.5. The van der Waals surface area contributed by atoms with Crippen LogP contribution in [-0.2, 0) is 31.1 Å². The summed E-state index contributed by atoms with van der Waals surface area (Å²) >= 11 is 14.2. The van der Waals surface area contributed by atoms with Gasteiger partial charge >= 0.3 is 0 Å². The Hall–Kier alpha value is -4.84. The van der Waals surface area contributed by atoms with E-state index in [1.165, 1.54) is 29.4 Å². The van der Waals surface area contributed by atoms with E-state index in [1.54, 1.807) is 61.7 Å². The maximum absolute atomic E-state index is 15.3. The topological polar surface area (TPSA) is 125 Å². The fraction of sp³-hybridized carbons (Fsp3) is 0.282. The quantitative estimate of drug-likeness (QED) is 0.146. The Labute approximate surface area is 313 Å². The first-order chi connectivity index (χ1) is 25.1. The molecule has 4 amide bonds. The highest BCUT2D eigenvalue weighted by Crippen LogP contribution is 2.64. The van der Waals surface area contributed by atoms with Crippen LogP contribution in [-0.4, -0.2) is 52.9 Å². The second-order valence-corrected chi connectivity index (χ2v) is 15.4. The molecule has 4 aliphatic rings. The molecule has 0 bridgehead atoms. The van der Waals surface area contributed by atoms with Gasteiger partial charge in [0.05, 0.1) is 54.6 Å². The normalized spacial score (nSPS) is 26.5. The minimum Gasteiger partial charge on any atom is -0.504 e. The molecule has 52 heavy (non-hydrogen) atoms. The number of phenolic OH excluding ortho intramolecular Hbond substituents is 1. The Kier molecular flexibility index (Phi) is 8.55. The number of carbonyl (C=O) groups is 4. The molecule has 1 aromatic heterocycles. The molecule has 0 spiro atoms. The predicted molar refractivity (Wildman–Crippen MR) is 195 cm³/mol. The lowest BCUT2D eigenvalue weighted by atomic mass is 9.49. The van der Waals surface area contributed by atoms with Gasteiger partial charge in [-0.3, -0.25) is 29.5 Å². The van der Waals surface area contributed by atoms with E-state index < -0.39 is 46.8 Å². The lowest BCUT2D eigenvalue weighted by Gasteiger charge is -2.50. The number of carbonyl (C=O) groups excluding carboxylic acids is 4. The zero-order valence-electron chi connectivity index (χ0n) is 28.0. The molecule has 2 aliphatic carbocycles. The Morgan fingerprint density at radius 3 is 2.38 bits per heavy atom. The van der Waals surface area contributed by atoms with Gasteiger partial charge in [0.15, 0.2) is 11.5 Å². The summed E-state index contributed by atoms with van der Waals surface area (Å²) in [6.45, 7) is 0.177. The third-order valence-electron chi connectivity index (χ3n) is 11.1. The number of methoxy groups -OCH3 is 2. The van der Waals surface area contributed by atoms with Crippen LogP contribution in [0.15, 0.2) is 89.8 Å². The minimum absolute atomic E-state index is 0.126. The molecule has 6 atom stereocenters. The molecule has 2 saturated heterocycles. The second-order valence-electron chi connectivity index (χ2n) is 13.5. The van der Waals surface area contributed by atoms with Gasteiger partial charge in [-0.1, -0.05) is 59.1 Å². The number of nitrogens with one attached hydrogen (secondary N) is 1. The van der Waals surface area contributed by atoms with Gasteiger partial charge in [-0.05, 0) is 83.8 Å². The average Bonchev–Trinajstić information content (AvgIpc) is 3.81. The number of imide groups is 2. The molecule has 0 unspecified atom stereocenters. The van der Waals surface area contributed by atoms with Gasteiger partial charge in [0, 0.05) is 15.8 Å². The van der Waals surface area contributed by atoms with Crippen LogP contribution in [0.5, 0.6) is 17.2 Å². The molecule has 0 radical (unpaired) electrons. The van der Waals surface area contributed by atoms with Crippen molar-refractivity contribution in [3.63, 3.8) is 0 Å². The lowest BCUT2D eigenvalue weighted by Crippen LogP contribution is -2.53. The van der Waals surface area contributed by atoms with Crippen LogP contribution in [0.1, 0.15) is 34.8 Å². The fourth-order valence-corrected chi connectivity index (χ4v) is 10.0. The van der Waals surface area contributed by atoms with Crippen molar-refractivity contribution in [1.82, 2.24) is 9.91 Å². The molecule has 2 N–H and O–H groups in total. The monoisotopic (exact) mass is 757 g/mol. The largest absolute Gasteiger partial charge is 0.504 e. The average molecular weight is 759 g/mol. The number of anilines is 1. The number of allylic oxidation sites excluding steroid dienone is 2. The fourth-order valence-electron chi connectivity index (χ4n) is 8.88. The summed E-state index contributed by atoms with van der Waals surface area (Å²) in [6.07, 6.45) is 2.39. The van der Waals surface area contributed by atoms with Gasteiger partial charge in [-0.15, -0.1) is 11.3 Å². The summed E-state index contributed by atoms with van der Waals surface area (Å²) in [5, 5.41) is 14.6. The molecule has 4 aromatic rings. The number of aromatic hydroxyl groups is 1. The van der Waals surface area contributed by atoms with Crippen LogP contribution < -0.4 is 14.9 Å². The van der Waals surface area contributed by atoms with Crippen molar-refractivity contribution in [3.05, 3.63) is 116 Å². The van der Waals surface area contributed by atoms with Crippen LogP contribution in [0.4, 0.5) is 5.69 Å². The van der Waals surface area contributed by atoms with Crippen molar-refractivity contribution in [2.24, 2.45) is 23.7 Å². The van der Waals surface area contributed by atoms with Gasteiger partial charge in [0.1, 0.15) is 5.75 Å². The Morgan fingerprint density at radius 1 is 0.923 bits per heavy atom. The first kappa shape index (κ1) is 34.3. The molecule has 266 valence electrons. The highest BCUT2D eigenvalue weighted by Gasteiger charge is 2.70. The number of phenols is 1. The van der Waals surface area contributed by atoms with E-state index in [9.17, 15) is 19.5 Å². The van der Waals surface area contributed by atoms with E-state index in [2.05, 4.69) is 5.43 Å². The number of hydrazine groups is 1. The SMILES string of the molecule is COc1ccc([C@@]23C(=O)N(Nc4ccc(Cl)cc4Cl)C(=O)[C@@H]2C[C@@H]2C(=CC[C@@H]4C(=O)N(Cc5cccs5)C(=O)[C@@H]42)[C@@H]3c2ccc(OC)c(O)c2)cc1. The summed E-state index contributed by atoms with van der Waals surface area (Å²) in [6, 6.07) is 20.5. The van der Waals surface area contributed by atoms with E-state index in [1.807, 2.05) is 23.6 Å². The predicted octanol–water partition coefficient (Wildman–Crippen LogP) is 6.96. The molecular formula is C39H33Cl2N3O7S. The van der Waals surface area contributed by atoms with Crippen molar-refractivity contribution in [2.75, 3.05) is 19.6 Å². The first-order valence-corrected chi connectivity index (χ1v) is 18.4. The first-order valence-electron chi connectivity index (χ1n) is 16.8. The number of nitrogens with zero attached hydrogens (tertiary/aromatic N) is 2. The maximum Gasteiger partial charge on any atom is 0.260 e. The third kappa shape index (κ3) is 5.12. The zero-order chi connectivity index (χ0) is 36.5. The van der Waals surface area contributed by atoms with Crippen LogP contribution in [0.25, 0.3) is 0 Å². The van der Waals surface area contributed by atoms with E-state index >= 15 is 4.79 Å². The van der Waals surface area contributed by atoms with Crippen molar-refractivity contribution >= 4 is 63.9 Å². The molecule has 3 heterocycles. The van der Waals surface area contributed by atoms with Crippen LogP contribution >= 0.6 is 34.5 Å². The Morgan fingerprint density at radius 2 is 1.71 bits per heavy atom. The number of hydrogen-bond donors (Lipinski definition) is 2. The van der Waals surface area contributed by atoms with Crippen LogP contribution in [0, 0.1) is 23.7 Å². The number of ether oxygens (including phenoxy) is 2. The number of fused-ring (bicyclic) bond motifs is 4. The lowest BCUT2D eigenvalue weighted by molar-refractivity contribution is -0.141. The summed E-state index contributed by atoms with van der Waals surface area (Å²) in [7, 11) is 2.99. The number of benzene rings is 3. The van der Waals surface area contributed by atoms with E-state index in [0.717, 1.165) is 15.5 Å². The zero-order valence-corrected chi connectivity index (χ0v) is 30.4. The number of thiophene rings is 1. The van der Waals surface area contributed by atoms with Gasteiger partial charge in [-0.25, -0.2) is 0 Å². The van der Waals surface area contributed by atoms with Crippen molar-refractivity contribution in [2.45, 2.75) is 30.7 Å². The van der Waals surface area contributed by atoms with Gasteiger partial charge < -0.3 is 14.6 Å². The highest BCUT2D eigenvalue weighted by molar-refractivity contribution is 7.09. The summed E-state index contributed by atoms with van der Waals surface area (Å²) in [4.78, 5) is 60.7. The standard InChI is InChI=1S/C39H33Cl2N3O7S/c1-50-23-9-6-21(7-10-23)39-28(36(47)44(38(39)49)42-30-13-8-22(40)17-29(30)41)18-27-25(34(39)20-5-14-32(51-2)31(45)16-20)11-12-26-33(27)37(48)43(35(26)46)19-24-4-3-15-52-24/h3-11,13-17,26-28,33-34,42,45H,12,18-19H2,1-2H3/t26-,27+,28-,33-,34-,39+/m0/s1. The van der Waals surface area contributed by atoms with Crippen molar-refractivity contribution in [1.29, 1.82) is 0 Å². The summed E-state index contributed by atoms with van der Waals surface area (Å²) in [5.74, 6) is -4.63. The number of likely N-dealkylation sites (tertiary alicyclic amines) is 1. The number of rotatable bonds is 8. The summed E-state index contributed by atoms with van der Waals surface area (Å²) < 4.78 is 10.8. The number of halogens is 2. The van der Waals surface area contributed by atoms with Crippen LogP contribution in [0.2, 0.25) is 10.0 Å². The van der Waals surface area contributed by atoms with Crippen molar-refractivity contribution < 1.29 is 33.8 Å². The smallest absolute Gasteiger partial charge is 0.260 e. The third-order valence-corrected chi connectivity index (χ3v) is 12.5. The molecule has 3 aromatic carbocycles. The maximum atomic E-state index is 15.3. The van der Waals surface area contributed by atoms with E-state index in [4.69, 9.17) is 32.7 Å². The number of hydrogen-bond acceptors (Lipinski definition) is 9. The van der Waals surface area contributed by atoms with E-state index in [0.29, 0.717) is 27.6 Å². The molecular weight excluding hydrogens is 725 g/mol. The van der Waals surface area contributed by atoms with Gasteiger partial charge in [0.25, 0.3) is 11.8 Å². The molecule has 1 saturated carbocycles. The Bertz CT molecular complexity index is 2160. The molecule has 2 aliphatic heterocycles. The van der Waals surface area contributed by atoms with Gasteiger partial charge in [0.2, 0.25) is 11.8 Å². The molecule has 3 fully saturated rings. The van der Waals surface area contributed by atoms with Gasteiger partial charge in [-0.2, -0.15) is 5.01 Å². The number of amides is 4. The summed E-state index contributed by atoms with van der Waals surface area (Å²) in [5.41, 5.74) is 3.61. The Balaban J connectivity index is 1.32. The molecule has 13 heteroatoms. The molecule has 10 nitrogen and oxygen atoms in total.